The van der Waals surface area contributed by atoms with E-state index in [4.69, 9.17) is 4.74 Å². The molecule has 2 amide bonds. The third-order valence-electron chi connectivity index (χ3n) is 5.49. The Labute approximate surface area is 173 Å². The third kappa shape index (κ3) is 4.29. The van der Waals surface area contributed by atoms with Crippen molar-refractivity contribution in [2.45, 2.75) is 46.0 Å². The van der Waals surface area contributed by atoms with Crippen molar-refractivity contribution >= 4 is 23.2 Å². The van der Waals surface area contributed by atoms with Gasteiger partial charge in [0.1, 0.15) is 5.75 Å². The predicted octanol–water partition coefficient (Wildman–Crippen LogP) is 4.93. The molecule has 0 bridgehead atoms. The maximum atomic E-state index is 13.1. The number of hydrogen-bond donors (Lipinski definition) is 1. The van der Waals surface area contributed by atoms with Crippen LogP contribution in [-0.4, -0.2) is 25.5 Å². The summed E-state index contributed by atoms with van der Waals surface area (Å²) >= 11 is 0. The van der Waals surface area contributed by atoms with Gasteiger partial charge in [-0.1, -0.05) is 58.0 Å². The zero-order valence-electron chi connectivity index (χ0n) is 17.9. The minimum absolute atomic E-state index is 0.0594. The number of nitrogens with zero attached hydrogens (tertiary/aromatic N) is 1. The highest BCUT2D eigenvalue weighted by Crippen LogP contribution is 2.35. The Hall–Kier alpha value is -2.82. The summed E-state index contributed by atoms with van der Waals surface area (Å²) in [5.74, 6) is 0.655. The first-order valence-corrected chi connectivity index (χ1v) is 10.2. The van der Waals surface area contributed by atoms with Gasteiger partial charge in [0.2, 0.25) is 11.8 Å². The molecule has 0 aromatic heterocycles. The summed E-state index contributed by atoms with van der Waals surface area (Å²) in [4.78, 5) is 27.4. The summed E-state index contributed by atoms with van der Waals surface area (Å²) in [6, 6.07) is 13.6. The first-order chi connectivity index (χ1) is 13.8. The topological polar surface area (TPSA) is 58.6 Å². The fourth-order valence-corrected chi connectivity index (χ4v) is 3.89. The van der Waals surface area contributed by atoms with Crippen molar-refractivity contribution in [3.05, 3.63) is 53.6 Å². The average Bonchev–Trinajstić information content (AvgIpc) is 3.09. The van der Waals surface area contributed by atoms with Crippen molar-refractivity contribution in [1.82, 2.24) is 0 Å². The summed E-state index contributed by atoms with van der Waals surface area (Å²) in [6.07, 6.45) is 0.199. The monoisotopic (exact) mass is 394 g/mol. The lowest BCUT2D eigenvalue weighted by atomic mass is 9.92. The molecule has 0 aliphatic carbocycles. The summed E-state index contributed by atoms with van der Waals surface area (Å²) in [7, 11) is 1.58. The fourth-order valence-electron chi connectivity index (χ4n) is 3.89. The highest BCUT2D eigenvalue weighted by molar-refractivity contribution is 6.04. The molecule has 1 aliphatic rings. The fraction of sp³-hybridized carbons (Fsp3) is 0.417. The zero-order valence-corrected chi connectivity index (χ0v) is 17.9. The number of ether oxygens (including phenoxy) is 1. The molecule has 5 heteroatoms. The van der Waals surface area contributed by atoms with Crippen LogP contribution in [0.5, 0.6) is 5.75 Å². The summed E-state index contributed by atoms with van der Waals surface area (Å²) in [5, 5.41) is 3.16. The highest BCUT2D eigenvalue weighted by atomic mass is 16.5. The Bertz CT molecular complexity index is 878. The van der Waals surface area contributed by atoms with Crippen molar-refractivity contribution in [3.8, 4) is 5.75 Å². The van der Waals surface area contributed by atoms with E-state index in [9.17, 15) is 9.59 Å². The molecule has 0 spiro atoms. The molecular weight excluding hydrogens is 364 g/mol. The van der Waals surface area contributed by atoms with Crippen LogP contribution in [0.15, 0.2) is 42.5 Å². The molecule has 0 radical (unpaired) electrons. The van der Waals surface area contributed by atoms with Crippen molar-refractivity contribution < 1.29 is 14.3 Å². The van der Waals surface area contributed by atoms with Gasteiger partial charge in [-0.25, -0.2) is 0 Å². The summed E-state index contributed by atoms with van der Waals surface area (Å²) < 4.78 is 5.39. The van der Waals surface area contributed by atoms with E-state index in [1.807, 2.05) is 30.3 Å². The number of carbonyl (C=O) groups excluding carboxylic acids is 2. The highest BCUT2D eigenvalue weighted by Gasteiger charge is 2.36. The van der Waals surface area contributed by atoms with Gasteiger partial charge in [-0.05, 0) is 35.1 Å². The van der Waals surface area contributed by atoms with E-state index in [1.54, 1.807) is 12.0 Å². The van der Waals surface area contributed by atoms with Crippen LogP contribution in [0.2, 0.25) is 0 Å². The van der Waals surface area contributed by atoms with E-state index in [0.717, 1.165) is 16.8 Å². The van der Waals surface area contributed by atoms with Gasteiger partial charge in [-0.3, -0.25) is 9.59 Å². The van der Waals surface area contributed by atoms with E-state index in [2.05, 4.69) is 45.1 Å². The predicted molar refractivity (Wildman–Crippen MR) is 117 cm³/mol. The number of hydrogen-bond acceptors (Lipinski definition) is 3. The molecular formula is C24H30N2O3. The Kier molecular flexibility index (Phi) is 6.26. The van der Waals surface area contributed by atoms with Gasteiger partial charge in [0.25, 0.3) is 0 Å². The number of nitrogens with one attached hydrogen (secondary N) is 1. The van der Waals surface area contributed by atoms with Gasteiger partial charge in [0, 0.05) is 18.7 Å². The van der Waals surface area contributed by atoms with Crippen molar-refractivity contribution in [1.29, 1.82) is 0 Å². The van der Waals surface area contributed by atoms with Gasteiger partial charge >= 0.3 is 0 Å². The van der Waals surface area contributed by atoms with Crippen molar-refractivity contribution in [2.24, 2.45) is 5.92 Å². The first kappa shape index (κ1) is 20.9. The molecule has 1 atom stereocenters. The van der Waals surface area contributed by atoms with Crippen molar-refractivity contribution in [3.63, 3.8) is 0 Å². The van der Waals surface area contributed by atoms with E-state index in [-0.39, 0.29) is 18.2 Å². The quantitative estimate of drug-likeness (QED) is 0.755. The van der Waals surface area contributed by atoms with Crippen molar-refractivity contribution in [2.75, 3.05) is 23.9 Å². The molecule has 29 heavy (non-hydrogen) atoms. The second kappa shape index (κ2) is 8.68. The van der Waals surface area contributed by atoms with Crippen LogP contribution in [0.4, 0.5) is 11.4 Å². The Balaban J connectivity index is 1.84. The minimum atomic E-state index is -0.396. The van der Waals surface area contributed by atoms with Gasteiger partial charge in [-0.2, -0.15) is 0 Å². The largest absolute Gasteiger partial charge is 0.495 e. The molecule has 1 saturated heterocycles. The number of benzene rings is 2. The Morgan fingerprint density at radius 3 is 2.24 bits per heavy atom. The molecule has 3 rings (SSSR count). The van der Waals surface area contributed by atoms with Crippen LogP contribution in [0.3, 0.4) is 0 Å². The Morgan fingerprint density at radius 2 is 1.66 bits per heavy atom. The van der Waals surface area contributed by atoms with Gasteiger partial charge in [-0.15, -0.1) is 0 Å². The van der Waals surface area contributed by atoms with Crippen LogP contribution >= 0.6 is 0 Å². The summed E-state index contributed by atoms with van der Waals surface area (Å²) in [6.45, 7) is 8.84. The van der Waals surface area contributed by atoms with Crippen LogP contribution < -0.4 is 15.0 Å². The lowest BCUT2D eigenvalue weighted by Crippen LogP contribution is -2.29. The van der Waals surface area contributed by atoms with Crippen LogP contribution in [0.1, 0.15) is 57.1 Å². The van der Waals surface area contributed by atoms with E-state index in [1.165, 1.54) is 0 Å². The second-order valence-corrected chi connectivity index (χ2v) is 8.19. The van der Waals surface area contributed by atoms with Gasteiger partial charge in [0.05, 0.1) is 18.7 Å². The number of carbonyl (C=O) groups is 2. The molecule has 1 unspecified atom stereocenters. The molecule has 2 aromatic carbocycles. The molecule has 1 fully saturated rings. The normalized spacial score (nSPS) is 16.6. The zero-order chi connectivity index (χ0) is 21.1. The molecule has 0 saturated carbocycles. The lowest BCUT2D eigenvalue weighted by molar-refractivity contribution is -0.122. The van der Waals surface area contributed by atoms with Crippen LogP contribution in [-0.2, 0) is 9.59 Å². The van der Waals surface area contributed by atoms with Crippen LogP contribution in [0.25, 0.3) is 0 Å². The summed E-state index contributed by atoms with van der Waals surface area (Å²) in [5.41, 5.74) is 3.84. The first-order valence-electron chi connectivity index (χ1n) is 10.2. The van der Waals surface area contributed by atoms with E-state index < -0.39 is 5.92 Å². The maximum absolute atomic E-state index is 13.1. The minimum Gasteiger partial charge on any atom is -0.495 e. The second-order valence-electron chi connectivity index (χ2n) is 8.19. The Morgan fingerprint density at radius 1 is 1.03 bits per heavy atom. The SMILES string of the molecule is COc1ccccc1N1CC(C(=O)Nc2c(C(C)C)cccc2C(C)C)CC1=O. The molecule has 1 N–H and O–H groups in total. The molecule has 5 nitrogen and oxygen atoms in total. The lowest BCUT2D eigenvalue weighted by Gasteiger charge is -2.22. The number of rotatable bonds is 6. The molecule has 1 aliphatic heterocycles. The van der Waals surface area contributed by atoms with Gasteiger partial charge in [0.15, 0.2) is 0 Å². The number of methoxy groups -OCH3 is 1. The molecule has 2 aromatic rings. The van der Waals surface area contributed by atoms with E-state index in [0.29, 0.717) is 29.8 Å². The molecule has 154 valence electrons. The standard InChI is InChI=1S/C24H30N2O3/c1-15(2)18-9-8-10-19(16(3)4)23(18)25-24(28)17-13-22(27)26(14-17)20-11-6-7-12-21(20)29-5/h6-12,15-17H,13-14H2,1-5H3,(H,25,28). The average molecular weight is 395 g/mol. The van der Waals surface area contributed by atoms with Crippen LogP contribution in [0, 0.1) is 5.92 Å². The maximum Gasteiger partial charge on any atom is 0.229 e. The van der Waals surface area contributed by atoms with E-state index >= 15 is 0 Å². The number of para-hydroxylation sites is 3. The number of amides is 2. The van der Waals surface area contributed by atoms with Gasteiger partial charge < -0.3 is 15.0 Å². The number of anilines is 2. The smallest absolute Gasteiger partial charge is 0.229 e. The molecule has 1 heterocycles. The third-order valence-corrected chi connectivity index (χ3v) is 5.49.